The van der Waals surface area contributed by atoms with Crippen molar-refractivity contribution in [3.8, 4) is 0 Å². The third kappa shape index (κ3) is 2.28. The Morgan fingerprint density at radius 1 is 1.53 bits per heavy atom. The van der Waals surface area contributed by atoms with Gasteiger partial charge < -0.3 is 10.2 Å². The van der Waals surface area contributed by atoms with E-state index in [2.05, 4.69) is 21.2 Å². The number of nitrogens with zero attached hydrogens (tertiary/aromatic N) is 1. The van der Waals surface area contributed by atoms with Crippen LogP contribution >= 0.6 is 15.9 Å². The monoisotopic (exact) mass is 272 g/mol. The van der Waals surface area contributed by atoms with E-state index in [1.165, 1.54) is 6.07 Å². The molecule has 0 spiro atoms. The van der Waals surface area contributed by atoms with Crippen LogP contribution in [0.1, 0.15) is 5.56 Å². The first-order chi connectivity index (χ1) is 7.16. The summed E-state index contributed by atoms with van der Waals surface area (Å²) in [4.78, 5) is 12.8. The maximum Gasteiger partial charge on any atom is 0.317 e. The summed E-state index contributed by atoms with van der Waals surface area (Å²) in [6.45, 7) is 1.58. The Bertz CT molecular complexity index is 397. The van der Waals surface area contributed by atoms with Gasteiger partial charge in [0.15, 0.2) is 0 Å². The Labute approximate surface area is 95.4 Å². The number of benzene rings is 1. The fourth-order valence-electron chi connectivity index (χ4n) is 1.53. The second-order valence-electron chi connectivity index (χ2n) is 3.39. The van der Waals surface area contributed by atoms with Crippen molar-refractivity contribution < 1.29 is 9.18 Å². The summed E-state index contributed by atoms with van der Waals surface area (Å²) < 4.78 is 14.2. The van der Waals surface area contributed by atoms with Crippen LogP contribution in [0.15, 0.2) is 22.7 Å². The molecule has 0 saturated carbocycles. The summed E-state index contributed by atoms with van der Waals surface area (Å²) in [6.07, 6.45) is 0. The van der Waals surface area contributed by atoms with Crippen molar-refractivity contribution in [1.29, 1.82) is 0 Å². The first kappa shape index (κ1) is 10.4. The van der Waals surface area contributed by atoms with E-state index in [1.54, 1.807) is 17.0 Å². The van der Waals surface area contributed by atoms with Crippen LogP contribution in [0.3, 0.4) is 0 Å². The first-order valence-electron chi connectivity index (χ1n) is 4.63. The minimum absolute atomic E-state index is 0.130. The molecule has 15 heavy (non-hydrogen) atoms. The molecule has 0 aliphatic carbocycles. The number of nitrogens with one attached hydrogen (secondary N) is 1. The normalized spacial score (nSPS) is 15.6. The summed E-state index contributed by atoms with van der Waals surface area (Å²) >= 11 is 3.28. The highest BCUT2D eigenvalue weighted by Gasteiger charge is 2.20. The van der Waals surface area contributed by atoms with Crippen LogP contribution in [0, 0.1) is 5.82 Å². The minimum Gasteiger partial charge on any atom is -0.336 e. The van der Waals surface area contributed by atoms with Crippen molar-refractivity contribution in [3.05, 3.63) is 34.1 Å². The molecule has 0 atom stereocenters. The molecule has 1 heterocycles. The SMILES string of the molecule is O=C1NCCN1Cc1cc(Br)ccc1F. The van der Waals surface area contributed by atoms with E-state index in [9.17, 15) is 9.18 Å². The molecule has 5 heteroatoms. The molecule has 1 aliphatic rings. The molecule has 0 aromatic heterocycles. The van der Waals surface area contributed by atoms with Crippen LogP contribution in [0.25, 0.3) is 0 Å². The molecule has 2 amide bonds. The highest BCUT2D eigenvalue weighted by Crippen LogP contribution is 2.17. The fraction of sp³-hybridized carbons (Fsp3) is 0.300. The summed E-state index contributed by atoms with van der Waals surface area (Å²) in [5, 5.41) is 2.68. The Morgan fingerprint density at radius 2 is 2.33 bits per heavy atom. The molecular weight excluding hydrogens is 263 g/mol. The highest BCUT2D eigenvalue weighted by molar-refractivity contribution is 9.10. The van der Waals surface area contributed by atoms with Gasteiger partial charge in [-0.1, -0.05) is 15.9 Å². The van der Waals surface area contributed by atoms with Gasteiger partial charge in [-0.25, -0.2) is 9.18 Å². The molecular formula is C10H10BrFN2O. The Kier molecular flexibility index (Phi) is 2.90. The zero-order valence-corrected chi connectivity index (χ0v) is 9.55. The van der Waals surface area contributed by atoms with Crippen LogP contribution in [0.5, 0.6) is 0 Å². The van der Waals surface area contributed by atoms with Gasteiger partial charge in [0, 0.05) is 23.1 Å². The average Bonchev–Trinajstić information content (AvgIpc) is 2.58. The molecule has 1 aromatic carbocycles. The van der Waals surface area contributed by atoms with Crippen LogP contribution < -0.4 is 5.32 Å². The number of hydrogen-bond acceptors (Lipinski definition) is 1. The molecule has 2 rings (SSSR count). The minimum atomic E-state index is -0.280. The van der Waals surface area contributed by atoms with Gasteiger partial charge in [0.25, 0.3) is 0 Å². The molecule has 80 valence electrons. The molecule has 1 saturated heterocycles. The van der Waals surface area contributed by atoms with Crippen molar-refractivity contribution in [2.45, 2.75) is 6.54 Å². The lowest BCUT2D eigenvalue weighted by atomic mass is 10.2. The predicted octanol–water partition coefficient (Wildman–Crippen LogP) is 2.11. The lowest BCUT2D eigenvalue weighted by Gasteiger charge is -2.14. The summed E-state index contributed by atoms with van der Waals surface area (Å²) in [5.74, 6) is -0.280. The third-order valence-corrected chi connectivity index (χ3v) is 2.81. The summed E-state index contributed by atoms with van der Waals surface area (Å²) in [7, 11) is 0. The van der Waals surface area contributed by atoms with Crippen LogP contribution in [-0.2, 0) is 6.54 Å². The summed E-state index contributed by atoms with van der Waals surface area (Å²) in [6, 6.07) is 4.60. The van der Waals surface area contributed by atoms with Gasteiger partial charge in [0.05, 0.1) is 6.54 Å². The fourth-order valence-corrected chi connectivity index (χ4v) is 1.94. The molecule has 0 unspecified atom stereocenters. The van der Waals surface area contributed by atoms with E-state index in [1.807, 2.05) is 0 Å². The topological polar surface area (TPSA) is 32.3 Å². The number of carbonyl (C=O) groups excluding carboxylic acids is 1. The smallest absolute Gasteiger partial charge is 0.317 e. The van der Waals surface area contributed by atoms with Gasteiger partial charge in [-0.15, -0.1) is 0 Å². The number of carbonyl (C=O) groups is 1. The summed E-state index contributed by atoms with van der Waals surface area (Å²) in [5.41, 5.74) is 0.529. The lowest BCUT2D eigenvalue weighted by molar-refractivity contribution is 0.215. The quantitative estimate of drug-likeness (QED) is 0.879. The van der Waals surface area contributed by atoms with Gasteiger partial charge in [0.2, 0.25) is 0 Å². The molecule has 1 fully saturated rings. The standard InChI is InChI=1S/C10H10BrFN2O/c11-8-1-2-9(12)7(5-8)6-14-4-3-13-10(14)15/h1-2,5H,3-4,6H2,(H,13,15). The maximum absolute atomic E-state index is 13.4. The number of hydrogen-bond donors (Lipinski definition) is 1. The Balaban J connectivity index is 2.16. The number of halogens is 2. The van der Waals surface area contributed by atoms with Crippen molar-refractivity contribution >= 4 is 22.0 Å². The van der Waals surface area contributed by atoms with Crippen LogP contribution in [-0.4, -0.2) is 24.0 Å². The second kappa shape index (κ2) is 4.18. The van der Waals surface area contributed by atoms with E-state index >= 15 is 0 Å². The van der Waals surface area contributed by atoms with Crippen LogP contribution in [0.4, 0.5) is 9.18 Å². The van der Waals surface area contributed by atoms with E-state index in [0.717, 1.165) is 4.47 Å². The largest absolute Gasteiger partial charge is 0.336 e. The maximum atomic E-state index is 13.4. The third-order valence-electron chi connectivity index (χ3n) is 2.31. The van der Waals surface area contributed by atoms with E-state index < -0.39 is 0 Å². The number of amides is 2. The Morgan fingerprint density at radius 3 is 3.00 bits per heavy atom. The van der Waals surface area contributed by atoms with Gasteiger partial charge >= 0.3 is 6.03 Å². The van der Waals surface area contributed by atoms with Gasteiger partial charge in [0.1, 0.15) is 5.82 Å². The van der Waals surface area contributed by atoms with Gasteiger partial charge in [-0.3, -0.25) is 0 Å². The van der Waals surface area contributed by atoms with Crippen molar-refractivity contribution in [2.75, 3.05) is 13.1 Å². The highest BCUT2D eigenvalue weighted by atomic mass is 79.9. The molecule has 0 radical (unpaired) electrons. The van der Waals surface area contributed by atoms with Crippen molar-refractivity contribution in [2.24, 2.45) is 0 Å². The van der Waals surface area contributed by atoms with E-state index in [4.69, 9.17) is 0 Å². The number of urea groups is 1. The van der Waals surface area contributed by atoms with Crippen molar-refractivity contribution in [1.82, 2.24) is 10.2 Å². The lowest BCUT2D eigenvalue weighted by Crippen LogP contribution is -2.27. The second-order valence-corrected chi connectivity index (χ2v) is 4.30. The number of rotatable bonds is 2. The van der Waals surface area contributed by atoms with E-state index in [-0.39, 0.29) is 11.8 Å². The molecule has 0 bridgehead atoms. The van der Waals surface area contributed by atoms with Crippen molar-refractivity contribution in [3.63, 3.8) is 0 Å². The molecule has 1 N–H and O–H groups in total. The molecule has 1 aliphatic heterocycles. The zero-order valence-electron chi connectivity index (χ0n) is 7.96. The first-order valence-corrected chi connectivity index (χ1v) is 5.43. The zero-order chi connectivity index (χ0) is 10.8. The van der Waals surface area contributed by atoms with Gasteiger partial charge in [-0.05, 0) is 18.2 Å². The van der Waals surface area contributed by atoms with Crippen LogP contribution in [0.2, 0.25) is 0 Å². The molecule has 1 aromatic rings. The average molecular weight is 273 g/mol. The van der Waals surface area contributed by atoms with Gasteiger partial charge in [-0.2, -0.15) is 0 Å². The Hall–Kier alpha value is -1.10. The molecule has 3 nitrogen and oxygen atoms in total. The van der Waals surface area contributed by atoms with E-state index in [0.29, 0.717) is 25.2 Å². The predicted molar refractivity (Wildman–Crippen MR) is 57.9 cm³/mol.